The molecule has 1 aliphatic rings. The van der Waals surface area contributed by atoms with Crippen LogP contribution in [0.25, 0.3) is 22.3 Å². The van der Waals surface area contributed by atoms with Crippen molar-refractivity contribution in [1.29, 1.82) is 0 Å². The fraction of sp³-hybridized carbons (Fsp3) is 0.542. The number of ether oxygens (including phenoxy) is 2. The van der Waals surface area contributed by atoms with Gasteiger partial charge in [0.2, 0.25) is 11.8 Å². The number of aliphatic hydroxyl groups is 1. The minimum atomic E-state index is 0.218. The van der Waals surface area contributed by atoms with Gasteiger partial charge in [0.25, 0.3) is 0 Å². The molecule has 2 unspecified atom stereocenters. The summed E-state index contributed by atoms with van der Waals surface area (Å²) < 4.78 is 17.0. The van der Waals surface area contributed by atoms with Crippen LogP contribution < -0.4 is 15.4 Å². The van der Waals surface area contributed by atoms with Gasteiger partial charge >= 0.3 is 0 Å². The van der Waals surface area contributed by atoms with Crippen molar-refractivity contribution < 1.29 is 19.0 Å². The Labute approximate surface area is 193 Å². The van der Waals surface area contributed by atoms with Crippen LogP contribution in [0.2, 0.25) is 0 Å². The van der Waals surface area contributed by atoms with Crippen LogP contribution in [0.15, 0.2) is 16.5 Å². The largest absolute Gasteiger partial charge is 0.478 e. The van der Waals surface area contributed by atoms with Gasteiger partial charge in [-0.1, -0.05) is 0 Å². The molecule has 9 nitrogen and oxygen atoms in total. The van der Waals surface area contributed by atoms with Crippen LogP contribution in [0.5, 0.6) is 5.88 Å². The lowest BCUT2D eigenvalue weighted by Crippen LogP contribution is -2.19. The predicted octanol–water partition coefficient (Wildman–Crippen LogP) is 3.93. The Hall–Kier alpha value is -2.91. The highest BCUT2D eigenvalue weighted by Crippen LogP contribution is 2.38. The van der Waals surface area contributed by atoms with Gasteiger partial charge in [-0.05, 0) is 52.0 Å². The van der Waals surface area contributed by atoms with Gasteiger partial charge < -0.3 is 29.6 Å². The number of nitrogens with zero attached hydrogens (tertiary/aromatic N) is 3. The van der Waals surface area contributed by atoms with Crippen molar-refractivity contribution in [2.75, 3.05) is 44.1 Å². The summed E-state index contributed by atoms with van der Waals surface area (Å²) in [7, 11) is 1.66. The average molecular weight is 456 g/mol. The number of aryl methyl sites for hydroxylation is 2. The Morgan fingerprint density at radius 3 is 2.73 bits per heavy atom. The second kappa shape index (κ2) is 10.4. The molecule has 0 radical (unpaired) electrons. The van der Waals surface area contributed by atoms with E-state index in [0.717, 1.165) is 53.0 Å². The van der Waals surface area contributed by atoms with Gasteiger partial charge in [0.1, 0.15) is 11.6 Å². The third-order valence-electron chi connectivity index (χ3n) is 6.00. The second-order valence-corrected chi connectivity index (χ2v) is 8.49. The van der Waals surface area contributed by atoms with E-state index in [2.05, 4.69) is 20.6 Å². The molecule has 3 heterocycles. The van der Waals surface area contributed by atoms with Gasteiger partial charge in [-0.2, -0.15) is 4.98 Å². The number of furan rings is 1. The van der Waals surface area contributed by atoms with E-state index >= 15 is 0 Å². The van der Waals surface area contributed by atoms with E-state index in [1.165, 1.54) is 0 Å². The standard InChI is InChI=1S/C24H33N5O4/c1-5-32-20-12-17-11-19(33-22(17)15(3)26-20)21-14(2)27-24(25-8-9-31-4)29-23(21)28-18-7-6-16(10-18)13-30/h11-12,16,18,30H,5-10,13H2,1-4H3,(H2,25,27,28,29). The van der Waals surface area contributed by atoms with Crippen LogP contribution >= 0.6 is 0 Å². The third kappa shape index (κ3) is 5.20. The molecule has 3 N–H and O–H groups in total. The van der Waals surface area contributed by atoms with Crippen molar-refractivity contribution in [3.05, 3.63) is 23.5 Å². The van der Waals surface area contributed by atoms with E-state index < -0.39 is 0 Å². The Morgan fingerprint density at radius 1 is 1.15 bits per heavy atom. The summed E-state index contributed by atoms with van der Waals surface area (Å²) in [4.78, 5) is 13.9. The fourth-order valence-electron chi connectivity index (χ4n) is 4.40. The highest BCUT2D eigenvalue weighted by atomic mass is 16.5. The molecule has 33 heavy (non-hydrogen) atoms. The molecule has 178 valence electrons. The zero-order valence-electron chi connectivity index (χ0n) is 19.8. The zero-order valence-corrected chi connectivity index (χ0v) is 19.8. The number of rotatable bonds is 10. The fourth-order valence-corrected chi connectivity index (χ4v) is 4.40. The second-order valence-electron chi connectivity index (χ2n) is 8.49. The van der Waals surface area contributed by atoms with Crippen molar-refractivity contribution in [3.8, 4) is 17.2 Å². The van der Waals surface area contributed by atoms with E-state index in [1.807, 2.05) is 32.9 Å². The summed E-state index contributed by atoms with van der Waals surface area (Å²) in [5, 5.41) is 17.3. The minimum absolute atomic E-state index is 0.218. The molecule has 1 fully saturated rings. The first kappa shape index (κ1) is 23.3. The summed E-state index contributed by atoms with van der Waals surface area (Å²) in [6.07, 6.45) is 2.90. The number of anilines is 2. The molecule has 3 aromatic heterocycles. The number of hydrogen-bond donors (Lipinski definition) is 3. The maximum atomic E-state index is 9.55. The lowest BCUT2D eigenvalue weighted by molar-refractivity contribution is 0.210. The SMILES string of the molecule is CCOc1cc2cc(-c3c(C)nc(NCCOC)nc3NC3CCC(CO)C3)oc2c(C)n1. The van der Waals surface area contributed by atoms with Gasteiger partial charge in [0.15, 0.2) is 5.58 Å². The molecule has 0 aliphatic heterocycles. The van der Waals surface area contributed by atoms with Crippen LogP contribution in [0.3, 0.4) is 0 Å². The molecule has 2 atom stereocenters. The Morgan fingerprint density at radius 2 is 2.00 bits per heavy atom. The number of nitrogens with one attached hydrogen (secondary N) is 2. The van der Waals surface area contributed by atoms with Crippen LogP contribution in [-0.2, 0) is 4.74 Å². The first-order chi connectivity index (χ1) is 16.0. The van der Waals surface area contributed by atoms with Crippen LogP contribution in [0.4, 0.5) is 11.8 Å². The monoisotopic (exact) mass is 455 g/mol. The lowest BCUT2D eigenvalue weighted by atomic mass is 10.1. The van der Waals surface area contributed by atoms with Crippen molar-refractivity contribution in [3.63, 3.8) is 0 Å². The molecule has 3 aromatic rings. The summed E-state index contributed by atoms with van der Waals surface area (Å²) >= 11 is 0. The first-order valence-electron chi connectivity index (χ1n) is 11.6. The maximum absolute atomic E-state index is 9.55. The smallest absolute Gasteiger partial charge is 0.224 e. The van der Waals surface area contributed by atoms with E-state index in [4.69, 9.17) is 18.9 Å². The van der Waals surface area contributed by atoms with Crippen molar-refractivity contribution in [2.24, 2.45) is 5.92 Å². The van der Waals surface area contributed by atoms with Gasteiger partial charge in [0.05, 0.1) is 30.2 Å². The van der Waals surface area contributed by atoms with Gasteiger partial charge in [-0.15, -0.1) is 0 Å². The number of fused-ring (bicyclic) bond motifs is 1. The zero-order chi connectivity index (χ0) is 23.4. The Balaban J connectivity index is 1.73. The number of aliphatic hydroxyl groups excluding tert-OH is 1. The van der Waals surface area contributed by atoms with E-state index in [1.54, 1.807) is 7.11 Å². The molecule has 0 aromatic carbocycles. The number of hydrogen-bond acceptors (Lipinski definition) is 9. The molecular formula is C24H33N5O4. The number of aromatic nitrogens is 3. The summed E-state index contributed by atoms with van der Waals surface area (Å²) in [5.74, 6) is 2.86. The quantitative estimate of drug-likeness (QED) is 0.391. The summed E-state index contributed by atoms with van der Waals surface area (Å²) in [5.41, 5.74) is 3.13. The lowest BCUT2D eigenvalue weighted by Gasteiger charge is -2.18. The summed E-state index contributed by atoms with van der Waals surface area (Å²) in [6, 6.07) is 4.12. The molecular weight excluding hydrogens is 422 g/mol. The topological polar surface area (TPSA) is 115 Å². The van der Waals surface area contributed by atoms with Gasteiger partial charge in [-0.25, -0.2) is 9.97 Å². The van der Waals surface area contributed by atoms with Gasteiger partial charge in [-0.3, -0.25) is 0 Å². The molecule has 9 heteroatoms. The number of pyridine rings is 1. The van der Waals surface area contributed by atoms with Crippen LogP contribution in [0, 0.1) is 19.8 Å². The van der Waals surface area contributed by atoms with Crippen molar-refractivity contribution in [2.45, 2.75) is 46.1 Å². The van der Waals surface area contributed by atoms with Crippen molar-refractivity contribution >= 4 is 22.7 Å². The molecule has 0 bridgehead atoms. The highest BCUT2D eigenvalue weighted by molar-refractivity contribution is 5.88. The predicted molar refractivity (Wildman–Crippen MR) is 128 cm³/mol. The normalized spacial score (nSPS) is 18.1. The molecule has 1 saturated carbocycles. The van der Waals surface area contributed by atoms with E-state index in [9.17, 15) is 5.11 Å². The summed E-state index contributed by atoms with van der Waals surface area (Å²) in [6.45, 7) is 7.75. The molecule has 0 spiro atoms. The van der Waals surface area contributed by atoms with E-state index in [-0.39, 0.29) is 12.6 Å². The maximum Gasteiger partial charge on any atom is 0.224 e. The third-order valence-corrected chi connectivity index (χ3v) is 6.00. The van der Waals surface area contributed by atoms with Crippen molar-refractivity contribution in [1.82, 2.24) is 15.0 Å². The van der Waals surface area contributed by atoms with Crippen LogP contribution in [0.1, 0.15) is 37.6 Å². The molecule has 4 rings (SSSR count). The first-order valence-corrected chi connectivity index (χ1v) is 11.6. The average Bonchev–Trinajstić information content (AvgIpc) is 3.41. The number of methoxy groups -OCH3 is 1. The van der Waals surface area contributed by atoms with Gasteiger partial charge in [0, 0.05) is 37.8 Å². The molecule has 0 amide bonds. The van der Waals surface area contributed by atoms with Crippen LogP contribution in [-0.4, -0.2) is 59.6 Å². The van der Waals surface area contributed by atoms with E-state index in [0.29, 0.717) is 43.3 Å². The minimum Gasteiger partial charge on any atom is -0.478 e. The Kier molecular flexibility index (Phi) is 7.29. The Bertz CT molecular complexity index is 1100. The molecule has 0 saturated heterocycles. The highest BCUT2D eigenvalue weighted by Gasteiger charge is 2.27. The molecule has 1 aliphatic carbocycles.